The van der Waals surface area contributed by atoms with Crippen molar-refractivity contribution < 1.29 is 19.7 Å². The summed E-state index contributed by atoms with van der Waals surface area (Å²) >= 11 is 6.43. The van der Waals surface area contributed by atoms with E-state index in [1.807, 2.05) is 42.5 Å². The zero-order valence-corrected chi connectivity index (χ0v) is 16.9. The number of rotatable bonds is 6. The predicted octanol–water partition coefficient (Wildman–Crippen LogP) is 3.48. The van der Waals surface area contributed by atoms with E-state index in [0.29, 0.717) is 30.0 Å². The summed E-state index contributed by atoms with van der Waals surface area (Å²) in [5, 5.41) is 20.2. The van der Waals surface area contributed by atoms with Gasteiger partial charge in [0.1, 0.15) is 18.4 Å². The molecule has 8 heteroatoms. The highest BCUT2D eigenvalue weighted by Gasteiger charge is 2.29. The van der Waals surface area contributed by atoms with Crippen molar-refractivity contribution in [3.63, 3.8) is 0 Å². The van der Waals surface area contributed by atoms with Crippen molar-refractivity contribution in [1.29, 1.82) is 0 Å². The standard InChI is InChI=1S/C22H22ClN3O4/c23-20-6-3-15(21-10-17(28)9-19(11-27)29-21)8-16(20)7-14-1-4-18(5-2-14)30-22-25-12-24-13-26-22/h1-6,8,12-13,17,19,21,27-28H,7,9-11H2/t17-,19-,21+/m0/s1. The average Bonchev–Trinajstić information content (AvgIpc) is 2.77. The number of ether oxygens (including phenoxy) is 2. The van der Waals surface area contributed by atoms with Crippen LogP contribution >= 0.6 is 11.6 Å². The van der Waals surface area contributed by atoms with E-state index in [0.717, 1.165) is 16.7 Å². The number of hydrogen-bond acceptors (Lipinski definition) is 7. The van der Waals surface area contributed by atoms with Crippen LogP contribution in [0.4, 0.5) is 0 Å². The van der Waals surface area contributed by atoms with Crippen molar-refractivity contribution in [2.45, 2.75) is 37.6 Å². The lowest BCUT2D eigenvalue weighted by atomic mass is 9.94. The fraction of sp³-hybridized carbons (Fsp3) is 0.318. The third kappa shape index (κ3) is 5.12. The van der Waals surface area contributed by atoms with Crippen LogP contribution in [0.2, 0.25) is 5.02 Å². The van der Waals surface area contributed by atoms with Crippen molar-refractivity contribution in [1.82, 2.24) is 15.0 Å². The number of nitrogens with zero attached hydrogens (tertiary/aromatic N) is 3. The van der Waals surface area contributed by atoms with Crippen molar-refractivity contribution in [3.8, 4) is 11.8 Å². The minimum atomic E-state index is -0.489. The van der Waals surface area contributed by atoms with E-state index in [-0.39, 0.29) is 24.8 Å². The SMILES string of the molecule is OC[C@@H]1C[C@H](O)C[C@H](c2ccc(Cl)c(Cc3ccc(Oc4ncncn4)cc3)c2)O1. The summed E-state index contributed by atoms with van der Waals surface area (Å²) in [4.78, 5) is 11.6. The molecule has 1 aliphatic rings. The highest BCUT2D eigenvalue weighted by molar-refractivity contribution is 6.31. The smallest absolute Gasteiger partial charge is 0.324 e. The predicted molar refractivity (Wildman–Crippen MR) is 111 cm³/mol. The van der Waals surface area contributed by atoms with E-state index in [9.17, 15) is 10.2 Å². The van der Waals surface area contributed by atoms with E-state index in [1.54, 1.807) is 0 Å². The molecule has 0 radical (unpaired) electrons. The summed E-state index contributed by atoms with van der Waals surface area (Å²) in [6, 6.07) is 13.6. The molecule has 2 N–H and O–H groups in total. The Bertz CT molecular complexity index is 972. The Morgan fingerprint density at radius 1 is 1.07 bits per heavy atom. The molecule has 0 bridgehead atoms. The fourth-order valence-corrected chi connectivity index (χ4v) is 3.72. The summed E-state index contributed by atoms with van der Waals surface area (Å²) in [5.74, 6) is 0.629. The van der Waals surface area contributed by atoms with Gasteiger partial charge in [-0.2, -0.15) is 9.97 Å². The number of hydrogen-bond donors (Lipinski definition) is 2. The first kappa shape index (κ1) is 20.7. The molecule has 2 aromatic carbocycles. The van der Waals surface area contributed by atoms with E-state index in [2.05, 4.69) is 15.0 Å². The molecule has 1 aromatic heterocycles. The molecule has 1 aliphatic heterocycles. The molecule has 3 atom stereocenters. The molecule has 2 heterocycles. The maximum atomic E-state index is 10.1. The minimum Gasteiger partial charge on any atom is -0.424 e. The second-order valence-corrected chi connectivity index (χ2v) is 7.66. The Morgan fingerprint density at radius 3 is 2.57 bits per heavy atom. The minimum absolute atomic E-state index is 0.104. The molecule has 156 valence electrons. The Balaban J connectivity index is 1.47. The highest BCUT2D eigenvalue weighted by atomic mass is 35.5. The van der Waals surface area contributed by atoms with Crippen LogP contribution in [0.25, 0.3) is 0 Å². The van der Waals surface area contributed by atoms with Crippen LogP contribution in [-0.4, -0.2) is 44.0 Å². The van der Waals surface area contributed by atoms with Crippen molar-refractivity contribution in [2.75, 3.05) is 6.61 Å². The molecule has 0 amide bonds. The normalized spacial score (nSPS) is 21.4. The summed E-state index contributed by atoms with van der Waals surface area (Å²) in [6.07, 6.45) is 3.24. The summed E-state index contributed by atoms with van der Waals surface area (Å²) < 4.78 is 11.5. The largest absolute Gasteiger partial charge is 0.424 e. The second kappa shape index (κ2) is 9.49. The molecular formula is C22H22ClN3O4. The Labute approximate surface area is 179 Å². The fourth-order valence-electron chi connectivity index (χ4n) is 3.53. The van der Waals surface area contributed by atoms with Crippen LogP contribution in [0.1, 0.15) is 35.6 Å². The second-order valence-electron chi connectivity index (χ2n) is 7.25. The molecule has 3 aromatic rings. The van der Waals surface area contributed by atoms with Crippen LogP contribution in [0.3, 0.4) is 0 Å². The summed E-state index contributed by atoms with van der Waals surface area (Å²) in [5.41, 5.74) is 2.97. The molecule has 0 spiro atoms. The zero-order chi connectivity index (χ0) is 20.9. The van der Waals surface area contributed by atoms with E-state index in [1.165, 1.54) is 12.7 Å². The van der Waals surface area contributed by atoms with Gasteiger partial charge in [0.2, 0.25) is 0 Å². The van der Waals surface area contributed by atoms with Crippen LogP contribution in [0.15, 0.2) is 55.1 Å². The van der Waals surface area contributed by atoms with Crippen molar-refractivity contribution in [3.05, 3.63) is 76.8 Å². The molecule has 1 saturated heterocycles. The topological polar surface area (TPSA) is 97.6 Å². The maximum Gasteiger partial charge on any atom is 0.324 e. The van der Waals surface area contributed by atoms with Gasteiger partial charge in [0.15, 0.2) is 0 Å². The first-order valence-electron chi connectivity index (χ1n) is 9.72. The van der Waals surface area contributed by atoms with Crippen molar-refractivity contribution >= 4 is 11.6 Å². The first-order valence-corrected chi connectivity index (χ1v) is 10.1. The number of aliphatic hydroxyl groups is 2. The number of aliphatic hydroxyl groups excluding tert-OH is 2. The highest BCUT2D eigenvalue weighted by Crippen LogP contribution is 2.34. The molecule has 0 unspecified atom stereocenters. The van der Waals surface area contributed by atoms with E-state index >= 15 is 0 Å². The van der Waals surface area contributed by atoms with Gasteiger partial charge in [0.05, 0.1) is 24.9 Å². The van der Waals surface area contributed by atoms with Gasteiger partial charge in [-0.05, 0) is 41.3 Å². The van der Waals surface area contributed by atoms with Gasteiger partial charge in [-0.25, -0.2) is 4.98 Å². The molecule has 0 aliphatic carbocycles. The van der Waals surface area contributed by atoms with Gasteiger partial charge >= 0.3 is 6.01 Å². The molecular weight excluding hydrogens is 406 g/mol. The van der Waals surface area contributed by atoms with Crippen LogP contribution < -0.4 is 4.74 Å². The van der Waals surface area contributed by atoms with Gasteiger partial charge in [-0.15, -0.1) is 0 Å². The van der Waals surface area contributed by atoms with Gasteiger partial charge in [-0.1, -0.05) is 35.9 Å². The lowest BCUT2D eigenvalue weighted by molar-refractivity contribution is -0.113. The van der Waals surface area contributed by atoms with Gasteiger partial charge in [0, 0.05) is 17.9 Å². The summed E-state index contributed by atoms with van der Waals surface area (Å²) in [7, 11) is 0. The zero-order valence-electron chi connectivity index (χ0n) is 16.2. The Hall–Kier alpha value is -2.58. The summed E-state index contributed by atoms with van der Waals surface area (Å²) in [6.45, 7) is -0.104. The number of benzene rings is 2. The lowest BCUT2D eigenvalue weighted by Crippen LogP contribution is -2.33. The molecule has 1 fully saturated rings. The number of aromatic nitrogens is 3. The van der Waals surface area contributed by atoms with Crippen LogP contribution in [0.5, 0.6) is 11.8 Å². The third-order valence-corrected chi connectivity index (χ3v) is 5.39. The third-order valence-electron chi connectivity index (χ3n) is 5.02. The Morgan fingerprint density at radius 2 is 1.83 bits per heavy atom. The number of halogens is 1. The molecule has 7 nitrogen and oxygen atoms in total. The molecule has 4 rings (SSSR count). The van der Waals surface area contributed by atoms with Crippen LogP contribution in [-0.2, 0) is 11.2 Å². The van der Waals surface area contributed by atoms with Gasteiger partial charge in [0.25, 0.3) is 0 Å². The van der Waals surface area contributed by atoms with Crippen LogP contribution in [0, 0.1) is 0 Å². The lowest BCUT2D eigenvalue weighted by Gasteiger charge is -2.32. The average molecular weight is 428 g/mol. The first-order chi connectivity index (χ1) is 14.6. The van der Waals surface area contributed by atoms with Gasteiger partial charge < -0.3 is 19.7 Å². The van der Waals surface area contributed by atoms with Gasteiger partial charge in [-0.3, -0.25) is 0 Å². The van der Waals surface area contributed by atoms with E-state index in [4.69, 9.17) is 21.1 Å². The van der Waals surface area contributed by atoms with E-state index < -0.39 is 6.10 Å². The molecule has 0 saturated carbocycles. The van der Waals surface area contributed by atoms with Crippen molar-refractivity contribution in [2.24, 2.45) is 0 Å². The maximum absolute atomic E-state index is 10.1. The monoisotopic (exact) mass is 427 g/mol. The molecule has 30 heavy (non-hydrogen) atoms. The Kier molecular flexibility index (Phi) is 6.54. The quantitative estimate of drug-likeness (QED) is 0.621.